The third kappa shape index (κ3) is 8.68. The Morgan fingerprint density at radius 3 is 2.32 bits per heavy atom. The molecule has 0 radical (unpaired) electrons. The Balaban J connectivity index is 2.49. The standard InChI is InChI=1S/C30H39N3O4/c1-8-10-19-31-27(34)26(24-18-14-15-21(3)22(24)4)33(9-2)28(35)25(20-23-16-12-11-13-17-23)32-29(36)37-30(5,6)7/h2,11-18,25-26H,8,10,19-20H2,1,3-7H3,(H,31,34)(H,32,36). The Kier molecular flexibility index (Phi) is 10.7. The van der Waals surface area contributed by atoms with Crippen LogP contribution in [0.2, 0.25) is 0 Å². The fourth-order valence-corrected chi connectivity index (χ4v) is 3.89. The molecule has 0 bridgehead atoms. The fourth-order valence-electron chi connectivity index (χ4n) is 3.89. The molecule has 0 spiro atoms. The van der Waals surface area contributed by atoms with Gasteiger partial charge in [-0.3, -0.25) is 14.5 Å². The van der Waals surface area contributed by atoms with Crippen molar-refractivity contribution in [1.29, 1.82) is 0 Å². The first-order valence-electron chi connectivity index (χ1n) is 12.6. The van der Waals surface area contributed by atoms with E-state index in [1.54, 1.807) is 26.8 Å². The lowest BCUT2D eigenvalue weighted by molar-refractivity contribution is -0.138. The van der Waals surface area contributed by atoms with Crippen molar-refractivity contribution in [3.05, 3.63) is 70.8 Å². The second-order valence-electron chi connectivity index (χ2n) is 10.1. The van der Waals surface area contributed by atoms with Crippen LogP contribution in [0.25, 0.3) is 0 Å². The molecule has 198 valence electrons. The first-order valence-corrected chi connectivity index (χ1v) is 12.6. The summed E-state index contributed by atoms with van der Waals surface area (Å²) in [5.74, 6) is -0.946. The molecule has 37 heavy (non-hydrogen) atoms. The summed E-state index contributed by atoms with van der Waals surface area (Å²) in [6, 6.07) is 15.2. The van der Waals surface area contributed by atoms with Crippen LogP contribution in [0.15, 0.2) is 48.5 Å². The van der Waals surface area contributed by atoms with Gasteiger partial charge in [-0.2, -0.15) is 0 Å². The van der Waals surface area contributed by atoms with E-state index in [-0.39, 0.29) is 12.3 Å². The molecule has 0 aliphatic carbocycles. The zero-order valence-electron chi connectivity index (χ0n) is 22.8. The van der Waals surface area contributed by atoms with Crippen molar-refractivity contribution in [2.45, 2.75) is 78.5 Å². The smallest absolute Gasteiger partial charge is 0.408 e. The first kappa shape index (κ1) is 29.4. The molecule has 0 aromatic heterocycles. The van der Waals surface area contributed by atoms with Crippen LogP contribution in [0.3, 0.4) is 0 Å². The number of unbranched alkanes of at least 4 members (excludes halogenated alkanes) is 1. The number of hydrogen-bond acceptors (Lipinski definition) is 4. The second kappa shape index (κ2) is 13.5. The largest absolute Gasteiger partial charge is 0.444 e. The minimum absolute atomic E-state index is 0.175. The van der Waals surface area contributed by atoms with E-state index in [9.17, 15) is 14.4 Å². The molecule has 0 aliphatic heterocycles. The Labute approximate surface area is 221 Å². The molecule has 2 aromatic rings. The zero-order valence-corrected chi connectivity index (χ0v) is 22.8. The molecule has 7 heteroatoms. The zero-order chi connectivity index (χ0) is 27.6. The Bertz CT molecular complexity index is 1120. The van der Waals surface area contributed by atoms with Crippen LogP contribution in [0, 0.1) is 26.3 Å². The third-order valence-corrected chi connectivity index (χ3v) is 5.93. The van der Waals surface area contributed by atoms with Gasteiger partial charge in [0.15, 0.2) is 0 Å². The fraction of sp³-hybridized carbons (Fsp3) is 0.433. The minimum atomic E-state index is -1.06. The molecule has 0 saturated heterocycles. The van der Waals surface area contributed by atoms with E-state index in [0.717, 1.165) is 34.4 Å². The van der Waals surface area contributed by atoms with Gasteiger partial charge in [0.2, 0.25) is 5.91 Å². The van der Waals surface area contributed by atoms with Crippen LogP contribution in [-0.4, -0.2) is 41.0 Å². The molecule has 0 heterocycles. The predicted molar refractivity (Wildman–Crippen MR) is 146 cm³/mol. The monoisotopic (exact) mass is 505 g/mol. The van der Waals surface area contributed by atoms with Crippen LogP contribution < -0.4 is 10.6 Å². The van der Waals surface area contributed by atoms with E-state index in [2.05, 4.69) is 16.7 Å². The quantitative estimate of drug-likeness (QED) is 0.275. The number of carbonyl (C=O) groups excluding carboxylic acids is 3. The van der Waals surface area contributed by atoms with Crippen molar-refractivity contribution in [1.82, 2.24) is 15.5 Å². The van der Waals surface area contributed by atoms with Crippen molar-refractivity contribution >= 4 is 17.9 Å². The molecule has 2 rings (SSSR count). The van der Waals surface area contributed by atoms with Gasteiger partial charge in [-0.1, -0.05) is 68.3 Å². The number of amides is 3. The van der Waals surface area contributed by atoms with Crippen LogP contribution >= 0.6 is 0 Å². The molecular weight excluding hydrogens is 466 g/mol. The van der Waals surface area contributed by atoms with Gasteiger partial charge >= 0.3 is 6.09 Å². The summed E-state index contributed by atoms with van der Waals surface area (Å²) < 4.78 is 5.41. The van der Waals surface area contributed by atoms with Gasteiger partial charge in [0.05, 0.1) is 0 Å². The number of carbonyl (C=O) groups is 3. The maximum atomic E-state index is 14.0. The van der Waals surface area contributed by atoms with Gasteiger partial charge in [-0.25, -0.2) is 4.79 Å². The molecule has 2 atom stereocenters. The molecule has 0 saturated carbocycles. The normalized spacial score (nSPS) is 12.6. The number of ether oxygens (including phenoxy) is 1. The average Bonchev–Trinajstić information content (AvgIpc) is 2.83. The van der Waals surface area contributed by atoms with Gasteiger partial charge in [0.25, 0.3) is 5.91 Å². The van der Waals surface area contributed by atoms with Crippen LogP contribution in [0.5, 0.6) is 0 Å². The molecule has 2 aromatic carbocycles. The molecular formula is C30H39N3O4. The van der Waals surface area contributed by atoms with Gasteiger partial charge in [-0.05, 0) is 63.3 Å². The average molecular weight is 506 g/mol. The maximum absolute atomic E-state index is 14.0. The van der Waals surface area contributed by atoms with Gasteiger partial charge in [-0.15, -0.1) is 0 Å². The summed E-state index contributed by atoms with van der Waals surface area (Å²) in [4.78, 5) is 41.2. The molecule has 0 fully saturated rings. The van der Waals surface area contributed by atoms with E-state index in [1.807, 2.05) is 63.2 Å². The summed E-state index contributed by atoms with van der Waals surface area (Å²) in [5.41, 5.74) is 2.55. The molecule has 2 N–H and O–H groups in total. The minimum Gasteiger partial charge on any atom is -0.444 e. The number of nitrogens with zero attached hydrogens (tertiary/aromatic N) is 1. The van der Waals surface area contributed by atoms with Gasteiger partial charge < -0.3 is 15.4 Å². The second-order valence-corrected chi connectivity index (χ2v) is 10.1. The highest BCUT2D eigenvalue weighted by Crippen LogP contribution is 2.27. The summed E-state index contributed by atoms with van der Waals surface area (Å²) in [6.07, 6.45) is 7.03. The van der Waals surface area contributed by atoms with Crippen molar-refractivity contribution in [3.63, 3.8) is 0 Å². The van der Waals surface area contributed by atoms with E-state index < -0.39 is 29.7 Å². The lowest BCUT2D eigenvalue weighted by Gasteiger charge is -2.31. The number of alkyl carbamates (subject to hydrolysis) is 1. The number of aryl methyl sites for hydroxylation is 1. The van der Waals surface area contributed by atoms with Crippen molar-refractivity contribution < 1.29 is 19.1 Å². The van der Waals surface area contributed by atoms with Crippen molar-refractivity contribution in [2.75, 3.05) is 6.54 Å². The summed E-state index contributed by atoms with van der Waals surface area (Å²) in [5, 5.41) is 5.60. The number of terminal acetylenes is 1. The van der Waals surface area contributed by atoms with E-state index >= 15 is 0 Å². The van der Waals surface area contributed by atoms with Gasteiger partial charge in [0.1, 0.15) is 17.7 Å². The van der Waals surface area contributed by atoms with E-state index in [4.69, 9.17) is 11.2 Å². The first-order chi connectivity index (χ1) is 17.5. The molecule has 2 unspecified atom stereocenters. The highest BCUT2D eigenvalue weighted by atomic mass is 16.6. The Morgan fingerprint density at radius 1 is 1.05 bits per heavy atom. The summed E-state index contributed by atoms with van der Waals surface area (Å²) in [7, 11) is 0. The highest BCUT2D eigenvalue weighted by molar-refractivity contribution is 5.93. The van der Waals surface area contributed by atoms with E-state index in [0.29, 0.717) is 12.1 Å². The van der Waals surface area contributed by atoms with Crippen molar-refractivity contribution in [2.24, 2.45) is 0 Å². The Morgan fingerprint density at radius 2 is 1.73 bits per heavy atom. The topological polar surface area (TPSA) is 87.7 Å². The lowest BCUT2D eigenvalue weighted by Crippen LogP contribution is -2.52. The van der Waals surface area contributed by atoms with Gasteiger partial charge in [0, 0.05) is 19.0 Å². The number of hydrogen-bond donors (Lipinski definition) is 2. The summed E-state index contributed by atoms with van der Waals surface area (Å²) >= 11 is 0. The number of rotatable bonds is 10. The number of nitrogens with one attached hydrogen (secondary N) is 2. The lowest BCUT2D eigenvalue weighted by atomic mass is 9.95. The maximum Gasteiger partial charge on any atom is 0.408 e. The van der Waals surface area contributed by atoms with Crippen LogP contribution in [-0.2, 0) is 20.7 Å². The Hall–Kier alpha value is -3.79. The third-order valence-electron chi connectivity index (χ3n) is 5.93. The van der Waals surface area contributed by atoms with Crippen LogP contribution in [0.4, 0.5) is 4.79 Å². The summed E-state index contributed by atoms with van der Waals surface area (Å²) in [6.45, 7) is 11.6. The predicted octanol–water partition coefficient (Wildman–Crippen LogP) is 4.82. The number of benzene rings is 2. The molecule has 7 nitrogen and oxygen atoms in total. The van der Waals surface area contributed by atoms with Crippen LogP contribution in [0.1, 0.15) is 68.8 Å². The highest BCUT2D eigenvalue weighted by Gasteiger charge is 2.36. The van der Waals surface area contributed by atoms with Crippen molar-refractivity contribution in [3.8, 4) is 12.5 Å². The molecule has 3 amide bonds. The van der Waals surface area contributed by atoms with E-state index in [1.165, 1.54) is 0 Å². The molecule has 0 aliphatic rings. The SMILES string of the molecule is C#CN(C(=O)C(Cc1ccccc1)NC(=O)OC(C)(C)C)C(C(=O)NCCCC)c1cccc(C)c1C.